The van der Waals surface area contributed by atoms with Gasteiger partial charge < -0.3 is 14.0 Å². The highest BCUT2D eigenvalue weighted by Crippen LogP contribution is 2.15. The van der Waals surface area contributed by atoms with Gasteiger partial charge in [0.05, 0.1) is 6.61 Å². The van der Waals surface area contributed by atoms with E-state index in [-0.39, 0.29) is 5.69 Å². The van der Waals surface area contributed by atoms with Gasteiger partial charge in [-0.15, -0.1) is 0 Å². The molecule has 1 saturated heterocycles. The molecule has 7 heteroatoms. The molecule has 0 aliphatic carbocycles. The van der Waals surface area contributed by atoms with Crippen LogP contribution in [0.5, 0.6) is 0 Å². The number of carbonyl (C=O) groups is 1. The van der Waals surface area contributed by atoms with Gasteiger partial charge in [-0.2, -0.15) is 0 Å². The molecule has 0 atom stereocenters. The van der Waals surface area contributed by atoms with Crippen LogP contribution in [0, 0.1) is 5.92 Å². The molecule has 1 fully saturated rings. The second kappa shape index (κ2) is 6.48. The molecule has 7 nitrogen and oxygen atoms in total. The molecule has 100 valence electrons. The molecule has 0 radical (unpaired) electrons. The zero-order valence-corrected chi connectivity index (χ0v) is 10.1. The van der Waals surface area contributed by atoms with E-state index in [4.69, 9.17) is 19.8 Å². The molecule has 0 unspecified atom stereocenters. The number of nitrogens with two attached hydrogens (primary N) is 1. The van der Waals surface area contributed by atoms with Crippen LogP contribution in [0.2, 0.25) is 0 Å². The van der Waals surface area contributed by atoms with Gasteiger partial charge in [-0.05, 0) is 18.8 Å². The SMILES string of the molecule is NNC(=O)c1cc(COCC2CCOCC2)on1. The second-order valence-electron chi connectivity index (χ2n) is 4.22. The number of nitrogen functional groups attached to an aromatic ring is 1. The number of ether oxygens (including phenoxy) is 2. The summed E-state index contributed by atoms with van der Waals surface area (Å²) in [5.41, 5.74) is 2.14. The van der Waals surface area contributed by atoms with Crippen molar-refractivity contribution in [2.75, 3.05) is 19.8 Å². The fourth-order valence-electron chi connectivity index (χ4n) is 1.80. The quantitative estimate of drug-likeness (QED) is 0.443. The first-order valence-corrected chi connectivity index (χ1v) is 5.91. The number of hydrogen-bond acceptors (Lipinski definition) is 6. The third-order valence-electron chi connectivity index (χ3n) is 2.86. The van der Waals surface area contributed by atoms with Crippen molar-refractivity contribution in [3.63, 3.8) is 0 Å². The van der Waals surface area contributed by atoms with Crippen LogP contribution < -0.4 is 11.3 Å². The first kappa shape index (κ1) is 13.0. The Morgan fingerprint density at radius 1 is 1.56 bits per heavy atom. The summed E-state index contributed by atoms with van der Waals surface area (Å²) in [5.74, 6) is 5.56. The molecule has 1 aliphatic heterocycles. The molecule has 1 amide bonds. The topological polar surface area (TPSA) is 99.6 Å². The smallest absolute Gasteiger partial charge is 0.287 e. The van der Waals surface area contributed by atoms with Gasteiger partial charge in [0.2, 0.25) is 0 Å². The van der Waals surface area contributed by atoms with Crippen LogP contribution >= 0.6 is 0 Å². The predicted octanol–water partition coefficient (Wildman–Crippen LogP) is 0.221. The zero-order chi connectivity index (χ0) is 12.8. The van der Waals surface area contributed by atoms with E-state index in [1.165, 1.54) is 6.07 Å². The molecule has 0 spiro atoms. The molecule has 18 heavy (non-hydrogen) atoms. The largest absolute Gasteiger partial charge is 0.381 e. The van der Waals surface area contributed by atoms with Gasteiger partial charge in [-0.1, -0.05) is 5.16 Å². The van der Waals surface area contributed by atoms with Crippen LogP contribution in [0.3, 0.4) is 0 Å². The Labute approximate surface area is 105 Å². The Kier molecular flexibility index (Phi) is 4.68. The molecular formula is C11H17N3O4. The van der Waals surface area contributed by atoms with Crippen LogP contribution in [0.15, 0.2) is 10.6 Å². The first-order chi connectivity index (χ1) is 8.79. The minimum Gasteiger partial charge on any atom is -0.381 e. The average Bonchev–Trinajstić information content (AvgIpc) is 2.88. The lowest BCUT2D eigenvalue weighted by Gasteiger charge is -2.21. The van der Waals surface area contributed by atoms with Gasteiger partial charge >= 0.3 is 0 Å². The lowest BCUT2D eigenvalue weighted by molar-refractivity contribution is 0.0109. The maximum Gasteiger partial charge on any atom is 0.287 e. The number of rotatable bonds is 5. The van der Waals surface area contributed by atoms with Crippen LogP contribution in [-0.2, 0) is 16.1 Å². The van der Waals surface area contributed by atoms with Gasteiger partial charge in [0.1, 0.15) is 6.61 Å². The molecular weight excluding hydrogens is 238 g/mol. The van der Waals surface area contributed by atoms with E-state index >= 15 is 0 Å². The van der Waals surface area contributed by atoms with Crippen molar-refractivity contribution in [3.8, 4) is 0 Å². The summed E-state index contributed by atoms with van der Waals surface area (Å²) in [6, 6.07) is 1.52. The predicted molar refractivity (Wildman–Crippen MR) is 61.4 cm³/mol. The Hall–Kier alpha value is -1.44. The third kappa shape index (κ3) is 3.52. The van der Waals surface area contributed by atoms with E-state index in [1.807, 2.05) is 5.43 Å². The normalized spacial score (nSPS) is 16.7. The van der Waals surface area contributed by atoms with Crippen molar-refractivity contribution >= 4 is 5.91 Å². The van der Waals surface area contributed by atoms with Crippen LogP contribution in [-0.4, -0.2) is 30.9 Å². The summed E-state index contributed by atoms with van der Waals surface area (Å²) < 4.78 is 15.8. The maximum absolute atomic E-state index is 11.1. The van der Waals surface area contributed by atoms with E-state index in [9.17, 15) is 4.79 Å². The zero-order valence-electron chi connectivity index (χ0n) is 10.1. The summed E-state index contributed by atoms with van der Waals surface area (Å²) in [7, 11) is 0. The fraction of sp³-hybridized carbons (Fsp3) is 0.636. The van der Waals surface area contributed by atoms with E-state index in [0.717, 1.165) is 26.1 Å². The number of aromatic nitrogens is 1. The number of nitrogens with zero attached hydrogens (tertiary/aromatic N) is 1. The Morgan fingerprint density at radius 2 is 2.33 bits per heavy atom. The highest BCUT2D eigenvalue weighted by molar-refractivity contribution is 5.91. The highest BCUT2D eigenvalue weighted by atomic mass is 16.5. The van der Waals surface area contributed by atoms with Crippen molar-refractivity contribution in [1.29, 1.82) is 0 Å². The minimum atomic E-state index is -0.477. The van der Waals surface area contributed by atoms with Crippen molar-refractivity contribution < 1.29 is 18.8 Å². The van der Waals surface area contributed by atoms with E-state index in [0.29, 0.717) is 24.9 Å². The molecule has 3 N–H and O–H groups in total. The third-order valence-corrected chi connectivity index (χ3v) is 2.86. The van der Waals surface area contributed by atoms with Crippen LogP contribution in [0.25, 0.3) is 0 Å². The average molecular weight is 255 g/mol. The summed E-state index contributed by atoms with van der Waals surface area (Å²) >= 11 is 0. The minimum absolute atomic E-state index is 0.155. The lowest BCUT2D eigenvalue weighted by atomic mass is 10.0. The van der Waals surface area contributed by atoms with Gasteiger partial charge in [0, 0.05) is 19.3 Å². The summed E-state index contributed by atoms with van der Waals surface area (Å²) in [4.78, 5) is 11.1. The Morgan fingerprint density at radius 3 is 3.06 bits per heavy atom. The number of carbonyl (C=O) groups excluding carboxylic acids is 1. The number of nitrogens with one attached hydrogen (secondary N) is 1. The van der Waals surface area contributed by atoms with Crippen LogP contribution in [0.1, 0.15) is 29.1 Å². The van der Waals surface area contributed by atoms with Crippen molar-refractivity contribution in [2.24, 2.45) is 11.8 Å². The van der Waals surface area contributed by atoms with Gasteiger partial charge in [0.25, 0.3) is 5.91 Å². The number of amides is 1. The first-order valence-electron chi connectivity index (χ1n) is 5.91. The molecule has 0 bridgehead atoms. The molecule has 1 aromatic rings. The molecule has 2 rings (SSSR count). The Balaban J connectivity index is 1.72. The molecule has 1 aromatic heterocycles. The Bertz CT molecular complexity index is 387. The summed E-state index contributed by atoms with van der Waals surface area (Å²) in [6.45, 7) is 2.58. The van der Waals surface area contributed by atoms with Crippen LogP contribution in [0.4, 0.5) is 0 Å². The number of hydrogen-bond donors (Lipinski definition) is 2. The monoisotopic (exact) mass is 255 g/mol. The molecule has 2 heterocycles. The fourth-order valence-corrected chi connectivity index (χ4v) is 1.80. The molecule has 0 saturated carbocycles. The van der Waals surface area contributed by atoms with Crippen molar-refractivity contribution in [2.45, 2.75) is 19.4 Å². The van der Waals surface area contributed by atoms with E-state index < -0.39 is 5.91 Å². The molecule has 0 aromatic carbocycles. The number of hydrazine groups is 1. The standard InChI is InChI=1S/C11H17N3O4/c12-13-11(15)10-5-9(18-14-10)7-17-6-8-1-3-16-4-2-8/h5,8H,1-4,6-7,12H2,(H,13,15). The molecule has 1 aliphatic rings. The summed E-state index contributed by atoms with van der Waals surface area (Å²) in [6.07, 6.45) is 2.05. The van der Waals surface area contributed by atoms with Crippen molar-refractivity contribution in [1.82, 2.24) is 10.6 Å². The summed E-state index contributed by atoms with van der Waals surface area (Å²) in [5, 5.41) is 3.59. The van der Waals surface area contributed by atoms with Crippen molar-refractivity contribution in [3.05, 3.63) is 17.5 Å². The highest BCUT2D eigenvalue weighted by Gasteiger charge is 2.15. The van der Waals surface area contributed by atoms with E-state index in [2.05, 4.69) is 5.16 Å². The van der Waals surface area contributed by atoms with E-state index in [1.54, 1.807) is 0 Å². The van der Waals surface area contributed by atoms with Gasteiger partial charge in [0.15, 0.2) is 11.5 Å². The van der Waals surface area contributed by atoms with Gasteiger partial charge in [-0.25, -0.2) is 5.84 Å². The maximum atomic E-state index is 11.1. The van der Waals surface area contributed by atoms with Gasteiger partial charge in [-0.3, -0.25) is 10.2 Å². The lowest BCUT2D eigenvalue weighted by Crippen LogP contribution is -2.30. The second-order valence-corrected chi connectivity index (χ2v) is 4.22.